The van der Waals surface area contributed by atoms with Gasteiger partial charge in [-0.2, -0.15) is 0 Å². The molecule has 1 aromatic rings. The van der Waals surface area contributed by atoms with Crippen LogP contribution in [0.2, 0.25) is 0 Å². The first-order chi connectivity index (χ1) is 10.1. The molecule has 3 rings (SSSR count). The van der Waals surface area contributed by atoms with Crippen LogP contribution in [0.3, 0.4) is 0 Å². The first-order valence-electron chi connectivity index (χ1n) is 7.07. The van der Waals surface area contributed by atoms with Crippen LogP contribution in [0.4, 0.5) is 4.79 Å². The normalized spacial score (nSPS) is 21.5. The maximum absolute atomic E-state index is 12.2. The molecule has 1 aliphatic heterocycles. The Kier molecular flexibility index (Phi) is 3.64. The number of carbonyl (C=O) groups excluding carboxylic acids is 3. The molecule has 1 atom stereocenters. The maximum atomic E-state index is 12.2. The molecule has 0 aromatic carbocycles. The van der Waals surface area contributed by atoms with Crippen molar-refractivity contribution in [3.8, 4) is 0 Å². The van der Waals surface area contributed by atoms with E-state index in [-0.39, 0.29) is 24.8 Å². The third-order valence-electron chi connectivity index (χ3n) is 3.60. The monoisotopic (exact) mass is 291 g/mol. The molecule has 1 unspecified atom stereocenters. The average Bonchev–Trinajstić information content (AvgIpc) is 3.03. The van der Waals surface area contributed by atoms with E-state index >= 15 is 0 Å². The lowest BCUT2D eigenvalue weighted by Gasteiger charge is -2.11. The quantitative estimate of drug-likeness (QED) is 0.757. The fourth-order valence-corrected chi connectivity index (χ4v) is 2.28. The van der Waals surface area contributed by atoms with Crippen molar-refractivity contribution in [3.05, 3.63) is 24.2 Å². The molecule has 1 saturated carbocycles. The lowest BCUT2D eigenvalue weighted by molar-refractivity contribution is -0.128. The van der Waals surface area contributed by atoms with E-state index in [2.05, 4.69) is 10.6 Å². The molecule has 7 heteroatoms. The van der Waals surface area contributed by atoms with Gasteiger partial charge < -0.3 is 15.1 Å². The molecule has 4 amide bonds. The van der Waals surface area contributed by atoms with Gasteiger partial charge in [0, 0.05) is 12.5 Å². The van der Waals surface area contributed by atoms with E-state index in [1.165, 1.54) is 6.26 Å². The lowest BCUT2D eigenvalue weighted by Crippen LogP contribution is -2.33. The zero-order valence-corrected chi connectivity index (χ0v) is 11.5. The molecule has 0 radical (unpaired) electrons. The highest BCUT2D eigenvalue weighted by molar-refractivity contribution is 6.04. The van der Waals surface area contributed by atoms with Gasteiger partial charge in [0.1, 0.15) is 11.8 Å². The number of rotatable bonds is 6. The SMILES string of the molecule is O=C(CCC1NC(=O)N(Cc2ccco2)C1=O)NC1CC1. The fourth-order valence-electron chi connectivity index (χ4n) is 2.28. The Hall–Kier alpha value is -2.31. The Morgan fingerprint density at radius 1 is 1.43 bits per heavy atom. The summed E-state index contributed by atoms with van der Waals surface area (Å²) in [5.74, 6) is 0.172. The number of urea groups is 1. The Bertz CT molecular complexity index is 551. The number of furan rings is 1. The van der Waals surface area contributed by atoms with Crippen LogP contribution in [-0.2, 0) is 16.1 Å². The Morgan fingerprint density at radius 3 is 2.90 bits per heavy atom. The predicted molar refractivity (Wildman–Crippen MR) is 72.0 cm³/mol. The second kappa shape index (κ2) is 5.59. The molecule has 0 bridgehead atoms. The molecule has 2 fully saturated rings. The zero-order valence-electron chi connectivity index (χ0n) is 11.5. The van der Waals surface area contributed by atoms with E-state index in [1.54, 1.807) is 12.1 Å². The van der Waals surface area contributed by atoms with Gasteiger partial charge >= 0.3 is 6.03 Å². The molecule has 2 heterocycles. The van der Waals surface area contributed by atoms with Crippen molar-refractivity contribution >= 4 is 17.8 Å². The van der Waals surface area contributed by atoms with Crippen LogP contribution in [0.5, 0.6) is 0 Å². The first-order valence-corrected chi connectivity index (χ1v) is 7.07. The van der Waals surface area contributed by atoms with Crippen molar-refractivity contribution in [2.75, 3.05) is 0 Å². The van der Waals surface area contributed by atoms with E-state index in [0.29, 0.717) is 18.2 Å². The molecule has 21 heavy (non-hydrogen) atoms. The highest BCUT2D eigenvalue weighted by Crippen LogP contribution is 2.19. The number of nitrogens with one attached hydrogen (secondary N) is 2. The maximum Gasteiger partial charge on any atom is 0.325 e. The van der Waals surface area contributed by atoms with Crippen molar-refractivity contribution in [1.82, 2.24) is 15.5 Å². The Balaban J connectivity index is 1.51. The van der Waals surface area contributed by atoms with Gasteiger partial charge in [0.25, 0.3) is 5.91 Å². The summed E-state index contributed by atoms with van der Waals surface area (Å²) in [6, 6.07) is 2.65. The van der Waals surface area contributed by atoms with Crippen LogP contribution in [0.25, 0.3) is 0 Å². The minimum atomic E-state index is -0.627. The Morgan fingerprint density at radius 2 is 2.24 bits per heavy atom. The summed E-state index contributed by atoms with van der Waals surface area (Å²) in [5, 5.41) is 5.47. The molecule has 7 nitrogen and oxygen atoms in total. The largest absolute Gasteiger partial charge is 0.467 e. The van der Waals surface area contributed by atoms with Crippen LogP contribution >= 0.6 is 0 Å². The van der Waals surface area contributed by atoms with Crippen molar-refractivity contribution in [2.24, 2.45) is 0 Å². The summed E-state index contributed by atoms with van der Waals surface area (Å²) in [5.41, 5.74) is 0. The molecular formula is C14H17N3O4. The standard InChI is InChI=1S/C14H17N3O4/c18-12(15-9-3-4-9)6-5-11-13(19)17(14(20)16-11)8-10-2-1-7-21-10/h1-2,7,9,11H,3-6,8H2,(H,15,18)(H,16,20). The van der Waals surface area contributed by atoms with E-state index in [0.717, 1.165) is 17.7 Å². The van der Waals surface area contributed by atoms with E-state index in [1.807, 2.05) is 0 Å². The number of nitrogens with zero attached hydrogens (tertiary/aromatic N) is 1. The molecule has 1 aliphatic carbocycles. The summed E-state index contributed by atoms with van der Waals surface area (Å²) in [6.07, 6.45) is 4.11. The fraction of sp³-hybridized carbons (Fsp3) is 0.500. The smallest absolute Gasteiger partial charge is 0.325 e. The van der Waals surface area contributed by atoms with Gasteiger partial charge in [-0.15, -0.1) is 0 Å². The summed E-state index contributed by atoms with van der Waals surface area (Å²) in [6.45, 7) is 0.114. The molecule has 2 aliphatic rings. The molecule has 112 valence electrons. The van der Waals surface area contributed by atoms with Gasteiger partial charge in [-0.05, 0) is 31.4 Å². The van der Waals surface area contributed by atoms with Crippen LogP contribution < -0.4 is 10.6 Å². The molecule has 2 N–H and O–H groups in total. The van der Waals surface area contributed by atoms with Crippen molar-refractivity contribution in [1.29, 1.82) is 0 Å². The lowest BCUT2D eigenvalue weighted by atomic mass is 10.1. The number of hydrogen-bond donors (Lipinski definition) is 2. The Labute approximate surface area is 121 Å². The van der Waals surface area contributed by atoms with E-state index in [9.17, 15) is 14.4 Å². The van der Waals surface area contributed by atoms with Crippen molar-refractivity contribution in [2.45, 2.75) is 44.3 Å². The highest BCUT2D eigenvalue weighted by atomic mass is 16.3. The molecular weight excluding hydrogens is 274 g/mol. The topological polar surface area (TPSA) is 91.7 Å². The first kappa shape index (κ1) is 13.7. The predicted octanol–water partition coefficient (Wildman–Crippen LogP) is 0.759. The van der Waals surface area contributed by atoms with Crippen LogP contribution in [0, 0.1) is 0 Å². The number of carbonyl (C=O) groups is 3. The highest BCUT2D eigenvalue weighted by Gasteiger charge is 2.38. The van der Waals surface area contributed by atoms with Crippen molar-refractivity contribution < 1.29 is 18.8 Å². The van der Waals surface area contributed by atoms with Crippen molar-refractivity contribution in [3.63, 3.8) is 0 Å². The second-order valence-electron chi connectivity index (χ2n) is 5.39. The number of hydrogen-bond acceptors (Lipinski definition) is 4. The van der Waals surface area contributed by atoms with Crippen LogP contribution in [-0.4, -0.2) is 34.8 Å². The molecule has 1 aromatic heterocycles. The second-order valence-corrected chi connectivity index (χ2v) is 5.39. The van der Waals surface area contributed by atoms with Gasteiger partial charge in [0.05, 0.1) is 12.8 Å². The zero-order chi connectivity index (χ0) is 14.8. The van der Waals surface area contributed by atoms with E-state index < -0.39 is 12.1 Å². The van der Waals surface area contributed by atoms with Gasteiger partial charge in [0.2, 0.25) is 5.91 Å². The third-order valence-corrected chi connectivity index (χ3v) is 3.60. The van der Waals surface area contributed by atoms with Gasteiger partial charge in [-0.1, -0.05) is 0 Å². The number of amides is 4. The number of imide groups is 1. The summed E-state index contributed by atoms with van der Waals surface area (Å²) in [7, 11) is 0. The minimum Gasteiger partial charge on any atom is -0.467 e. The van der Waals surface area contributed by atoms with Crippen LogP contribution in [0.1, 0.15) is 31.4 Å². The van der Waals surface area contributed by atoms with E-state index in [4.69, 9.17) is 4.42 Å². The molecule has 1 saturated heterocycles. The van der Waals surface area contributed by atoms with Crippen LogP contribution in [0.15, 0.2) is 22.8 Å². The summed E-state index contributed by atoms with van der Waals surface area (Å²) >= 11 is 0. The van der Waals surface area contributed by atoms with Gasteiger partial charge in [-0.3, -0.25) is 14.5 Å². The minimum absolute atomic E-state index is 0.0657. The average molecular weight is 291 g/mol. The summed E-state index contributed by atoms with van der Waals surface area (Å²) in [4.78, 5) is 36.7. The van der Waals surface area contributed by atoms with Gasteiger partial charge in [0.15, 0.2) is 0 Å². The summed E-state index contributed by atoms with van der Waals surface area (Å²) < 4.78 is 5.14. The third kappa shape index (κ3) is 3.24. The molecule has 0 spiro atoms. The van der Waals surface area contributed by atoms with Gasteiger partial charge in [-0.25, -0.2) is 4.79 Å².